The maximum atomic E-state index is 14.3. The topological polar surface area (TPSA) is 77.7 Å². The molecule has 1 aromatic carbocycles. The van der Waals surface area contributed by atoms with Gasteiger partial charge in [0.15, 0.2) is 10.8 Å². The summed E-state index contributed by atoms with van der Waals surface area (Å²) < 4.78 is 39.6. The molecular formula is C20H23FN4O2S2. The first kappa shape index (κ1) is 20.3. The highest BCUT2D eigenvalue weighted by Gasteiger charge is 2.25. The van der Waals surface area contributed by atoms with Gasteiger partial charge in [-0.3, -0.25) is 0 Å². The van der Waals surface area contributed by atoms with Crippen LogP contribution in [0.5, 0.6) is 0 Å². The fourth-order valence-corrected chi connectivity index (χ4v) is 5.33. The standard InChI is InChI=1S/C20H23FN4O2S2/c1-4-13-9-14-5-6-16(21)15(14)10-17(13)28-20-24-18-12(2)22-11-23-19(18)25(20)7-8-29(3,26)27/h9-11,16H,4-8H2,1-3H3. The lowest BCUT2D eigenvalue weighted by Crippen LogP contribution is -2.12. The van der Waals surface area contributed by atoms with E-state index in [2.05, 4.69) is 23.0 Å². The number of aromatic nitrogens is 4. The molecule has 9 heteroatoms. The van der Waals surface area contributed by atoms with E-state index in [9.17, 15) is 12.8 Å². The Kier molecular flexibility index (Phi) is 5.37. The number of hydrogen-bond acceptors (Lipinski definition) is 6. The van der Waals surface area contributed by atoms with Gasteiger partial charge in [-0.1, -0.05) is 24.8 Å². The van der Waals surface area contributed by atoms with Gasteiger partial charge in [-0.15, -0.1) is 0 Å². The Morgan fingerprint density at radius 3 is 2.83 bits per heavy atom. The second-order valence-corrected chi connectivity index (χ2v) is 10.7. The van der Waals surface area contributed by atoms with Gasteiger partial charge >= 0.3 is 0 Å². The number of hydrogen-bond donors (Lipinski definition) is 0. The second kappa shape index (κ2) is 7.68. The van der Waals surface area contributed by atoms with Crippen LogP contribution < -0.4 is 0 Å². The van der Waals surface area contributed by atoms with E-state index in [1.54, 1.807) is 0 Å². The normalized spacial score (nSPS) is 16.5. The first-order valence-electron chi connectivity index (χ1n) is 9.60. The van der Waals surface area contributed by atoms with E-state index in [0.29, 0.717) is 22.7 Å². The van der Waals surface area contributed by atoms with Crippen molar-refractivity contribution in [3.8, 4) is 0 Å². The Labute approximate surface area is 173 Å². The largest absolute Gasteiger partial charge is 0.302 e. The molecule has 29 heavy (non-hydrogen) atoms. The Balaban J connectivity index is 1.80. The summed E-state index contributed by atoms with van der Waals surface area (Å²) in [6.45, 7) is 4.19. The molecule has 0 aliphatic heterocycles. The molecule has 0 saturated heterocycles. The summed E-state index contributed by atoms with van der Waals surface area (Å²) in [4.78, 5) is 14.2. The molecule has 0 amide bonds. The quantitative estimate of drug-likeness (QED) is 0.586. The van der Waals surface area contributed by atoms with Gasteiger partial charge in [-0.05, 0) is 48.9 Å². The zero-order valence-electron chi connectivity index (χ0n) is 16.6. The summed E-state index contributed by atoms with van der Waals surface area (Å²) >= 11 is 1.44. The molecule has 0 bridgehead atoms. The molecule has 6 nitrogen and oxygen atoms in total. The van der Waals surface area contributed by atoms with Crippen molar-refractivity contribution in [2.24, 2.45) is 0 Å². The third kappa shape index (κ3) is 4.02. The predicted octanol–water partition coefficient (Wildman–Crippen LogP) is 3.85. The first-order valence-corrected chi connectivity index (χ1v) is 12.5. The van der Waals surface area contributed by atoms with Crippen LogP contribution in [0.15, 0.2) is 28.5 Å². The van der Waals surface area contributed by atoms with Gasteiger partial charge in [0.1, 0.15) is 27.9 Å². The molecule has 2 aromatic heterocycles. The van der Waals surface area contributed by atoms with Crippen molar-refractivity contribution < 1.29 is 12.8 Å². The monoisotopic (exact) mass is 434 g/mol. The number of rotatable bonds is 6. The van der Waals surface area contributed by atoms with Crippen LogP contribution in [0.25, 0.3) is 11.2 Å². The van der Waals surface area contributed by atoms with Gasteiger partial charge in [0, 0.05) is 17.7 Å². The number of halogens is 1. The summed E-state index contributed by atoms with van der Waals surface area (Å²) in [7, 11) is -3.15. The zero-order chi connectivity index (χ0) is 20.8. The molecule has 1 aliphatic rings. The molecule has 4 rings (SSSR count). The zero-order valence-corrected chi connectivity index (χ0v) is 18.3. The van der Waals surface area contributed by atoms with Crippen molar-refractivity contribution >= 4 is 32.8 Å². The summed E-state index contributed by atoms with van der Waals surface area (Å²) in [6, 6.07) is 4.04. The van der Waals surface area contributed by atoms with Gasteiger partial charge in [-0.2, -0.15) is 0 Å². The lowest BCUT2D eigenvalue weighted by Gasteiger charge is -2.13. The van der Waals surface area contributed by atoms with E-state index in [1.165, 1.54) is 24.3 Å². The van der Waals surface area contributed by atoms with Crippen LogP contribution in [-0.2, 0) is 29.2 Å². The van der Waals surface area contributed by atoms with Crippen LogP contribution >= 0.6 is 11.8 Å². The van der Waals surface area contributed by atoms with Crippen LogP contribution in [-0.4, -0.2) is 39.9 Å². The van der Waals surface area contributed by atoms with Crippen molar-refractivity contribution in [3.63, 3.8) is 0 Å². The van der Waals surface area contributed by atoms with E-state index in [-0.39, 0.29) is 12.3 Å². The van der Waals surface area contributed by atoms with E-state index in [0.717, 1.165) is 40.1 Å². The highest BCUT2D eigenvalue weighted by Crippen LogP contribution is 2.40. The summed E-state index contributed by atoms with van der Waals surface area (Å²) in [5, 5.41) is 0.648. The van der Waals surface area contributed by atoms with Gasteiger partial charge in [0.2, 0.25) is 0 Å². The average molecular weight is 435 g/mol. The molecule has 0 fully saturated rings. The van der Waals surface area contributed by atoms with Gasteiger partial charge in [0.25, 0.3) is 0 Å². The van der Waals surface area contributed by atoms with Gasteiger partial charge < -0.3 is 4.57 Å². The Hall–Kier alpha value is -2.00. The Morgan fingerprint density at radius 2 is 2.10 bits per heavy atom. The van der Waals surface area contributed by atoms with Crippen molar-refractivity contribution in [3.05, 3.63) is 40.8 Å². The smallest absolute Gasteiger partial charge is 0.175 e. The molecule has 0 spiro atoms. The number of fused-ring (bicyclic) bond motifs is 2. The minimum absolute atomic E-state index is 0.00749. The summed E-state index contributed by atoms with van der Waals surface area (Å²) in [5.41, 5.74) is 5.01. The van der Waals surface area contributed by atoms with Crippen LogP contribution in [0, 0.1) is 6.92 Å². The summed E-state index contributed by atoms with van der Waals surface area (Å²) in [6.07, 6.45) is 3.90. The highest BCUT2D eigenvalue weighted by molar-refractivity contribution is 7.99. The third-order valence-electron chi connectivity index (χ3n) is 5.27. The molecule has 1 unspecified atom stereocenters. The molecule has 0 N–H and O–H groups in total. The van der Waals surface area contributed by atoms with Crippen LogP contribution in [0.2, 0.25) is 0 Å². The third-order valence-corrected chi connectivity index (χ3v) is 7.29. The van der Waals surface area contributed by atoms with Gasteiger partial charge in [-0.25, -0.2) is 27.8 Å². The van der Waals surface area contributed by atoms with Crippen molar-refractivity contribution in [2.75, 3.05) is 12.0 Å². The number of alkyl halides is 1. The average Bonchev–Trinajstić information content (AvgIpc) is 3.20. The number of aryl methyl sites for hydroxylation is 4. The lowest BCUT2D eigenvalue weighted by molar-refractivity contribution is 0.343. The highest BCUT2D eigenvalue weighted by atomic mass is 32.2. The minimum atomic E-state index is -3.15. The molecule has 1 atom stereocenters. The van der Waals surface area contributed by atoms with Crippen LogP contribution in [0.3, 0.4) is 0 Å². The SMILES string of the molecule is CCc1cc2c(cc1Sc1nc3c(C)ncnc3n1CCS(C)(=O)=O)C(F)CC2. The molecule has 154 valence electrons. The molecule has 0 radical (unpaired) electrons. The van der Waals surface area contributed by atoms with Crippen LogP contribution in [0.1, 0.15) is 41.9 Å². The molecular weight excluding hydrogens is 411 g/mol. The maximum Gasteiger partial charge on any atom is 0.175 e. The van der Waals surface area contributed by atoms with Crippen LogP contribution in [0.4, 0.5) is 4.39 Å². The fraction of sp³-hybridized carbons (Fsp3) is 0.450. The van der Waals surface area contributed by atoms with E-state index < -0.39 is 16.0 Å². The molecule has 0 saturated carbocycles. The first-order chi connectivity index (χ1) is 13.8. The predicted molar refractivity (Wildman–Crippen MR) is 112 cm³/mol. The van der Waals surface area contributed by atoms with Crippen molar-refractivity contribution in [1.29, 1.82) is 0 Å². The lowest BCUT2D eigenvalue weighted by atomic mass is 10.0. The number of imidazole rings is 1. The molecule has 3 aromatic rings. The Morgan fingerprint density at radius 1 is 1.31 bits per heavy atom. The van der Waals surface area contributed by atoms with Crippen molar-refractivity contribution in [2.45, 2.75) is 55.9 Å². The Bertz CT molecular complexity index is 1190. The van der Waals surface area contributed by atoms with E-state index in [4.69, 9.17) is 4.98 Å². The number of sulfone groups is 1. The van der Waals surface area contributed by atoms with E-state index in [1.807, 2.05) is 17.6 Å². The number of benzene rings is 1. The summed E-state index contributed by atoms with van der Waals surface area (Å²) in [5.74, 6) is -0.00749. The van der Waals surface area contributed by atoms with Crippen molar-refractivity contribution in [1.82, 2.24) is 19.5 Å². The maximum absolute atomic E-state index is 14.3. The number of nitrogens with zero attached hydrogens (tertiary/aromatic N) is 4. The second-order valence-electron chi connectivity index (χ2n) is 7.43. The van der Waals surface area contributed by atoms with E-state index >= 15 is 0 Å². The fourth-order valence-electron chi connectivity index (χ4n) is 3.67. The van der Waals surface area contributed by atoms with Gasteiger partial charge in [0.05, 0.1) is 11.4 Å². The molecule has 2 heterocycles. The minimum Gasteiger partial charge on any atom is -0.302 e. The molecule has 1 aliphatic carbocycles.